The number of fused-ring (bicyclic) bond motifs is 1. The van der Waals surface area contributed by atoms with E-state index in [0.717, 1.165) is 41.1 Å². The Bertz CT molecular complexity index is 1600. The van der Waals surface area contributed by atoms with E-state index in [1.807, 2.05) is 30.3 Å². The summed E-state index contributed by atoms with van der Waals surface area (Å²) < 4.78 is 32.1. The molecule has 5 aromatic rings. The van der Waals surface area contributed by atoms with Crippen LogP contribution in [0.4, 0.5) is 0 Å². The SMILES string of the molecule is CCCOCCOCCOCCOc1ccc(Cn2c(-c3ccc(Br)cc3)c(C)c3cc(OCc4ccccc4)ccc32)cc1. The van der Waals surface area contributed by atoms with Crippen LogP contribution in [0.1, 0.15) is 30.0 Å². The van der Waals surface area contributed by atoms with Crippen molar-refractivity contribution in [2.45, 2.75) is 33.4 Å². The summed E-state index contributed by atoms with van der Waals surface area (Å²) >= 11 is 3.59. The Hall–Kier alpha value is -3.62. The molecule has 0 saturated heterocycles. The van der Waals surface area contributed by atoms with Gasteiger partial charge in [0.25, 0.3) is 0 Å². The molecule has 0 aliphatic rings. The van der Waals surface area contributed by atoms with Gasteiger partial charge in [-0.3, -0.25) is 0 Å². The van der Waals surface area contributed by atoms with Crippen molar-refractivity contribution in [3.63, 3.8) is 0 Å². The predicted molar refractivity (Wildman–Crippen MR) is 184 cm³/mol. The predicted octanol–water partition coefficient (Wildman–Crippen LogP) is 8.85. The van der Waals surface area contributed by atoms with E-state index in [1.54, 1.807) is 0 Å². The fraction of sp³-hybridized carbons (Fsp3) is 0.316. The van der Waals surface area contributed by atoms with Crippen LogP contribution in [0.2, 0.25) is 0 Å². The zero-order chi connectivity index (χ0) is 31.3. The third-order valence-corrected chi connectivity index (χ3v) is 8.04. The molecular weight excluding hydrogens is 630 g/mol. The maximum atomic E-state index is 6.19. The Morgan fingerprint density at radius 1 is 0.622 bits per heavy atom. The monoisotopic (exact) mass is 671 g/mol. The van der Waals surface area contributed by atoms with E-state index in [2.05, 4.69) is 101 Å². The van der Waals surface area contributed by atoms with Gasteiger partial charge in [-0.15, -0.1) is 0 Å². The normalized spacial score (nSPS) is 11.3. The summed E-state index contributed by atoms with van der Waals surface area (Å²) in [6, 6.07) is 33.5. The fourth-order valence-electron chi connectivity index (χ4n) is 5.25. The molecule has 236 valence electrons. The number of hydrogen-bond donors (Lipinski definition) is 0. The minimum absolute atomic E-state index is 0.489. The molecule has 7 heteroatoms. The zero-order valence-corrected chi connectivity index (χ0v) is 27.8. The van der Waals surface area contributed by atoms with Gasteiger partial charge in [0.05, 0.1) is 38.7 Å². The van der Waals surface area contributed by atoms with Crippen LogP contribution in [0.15, 0.2) is 102 Å². The number of hydrogen-bond acceptors (Lipinski definition) is 5. The van der Waals surface area contributed by atoms with Crippen LogP contribution < -0.4 is 9.47 Å². The minimum Gasteiger partial charge on any atom is -0.491 e. The first-order valence-corrected chi connectivity index (χ1v) is 16.4. The molecule has 1 aromatic heterocycles. The van der Waals surface area contributed by atoms with Crippen LogP contribution >= 0.6 is 15.9 Å². The lowest BCUT2D eigenvalue weighted by atomic mass is 10.1. The second-order valence-corrected chi connectivity index (χ2v) is 11.8. The van der Waals surface area contributed by atoms with Gasteiger partial charge in [-0.1, -0.05) is 77.5 Å². The molecule has 45 heavy (non-hydrogen) atoms. The van der Waals surface area contributed by atoms with Crippen LogP contribution in [-0.2, 0) is 27.4 Å². The van der Waals surface area contributed by atoms with Gasteiger partial charge in [-0.05, 0) is 78.1 Å². The lowest BCUT2D eigenvalue weighted by molar-refractivity contribution is 0.00945. The molecule has 0 radical (unpaired) electrons. The topological polar surface area (TPSA) is 51.1 Å². The van der Waals surface area contributed by atoms with Crippen molar-refractivity contribution in [3.8, 4) is 22.8 Å². The molecule has 0 N–H and O–H groups in total. The van der Waals surface area contributed by atoms with E-state index < -0.39 is 0 Å². The van der Waals surface area contributed by atoms with Crippen molar-refractivity contribution in [2.75, 3.05) is 46.2 Å². The van der Waals surface area contributed by atoms with E-state index in [4.69, 9.17) is 23.7 Å². The lowest BCUT2D eigenvalue weighted by Gasteiger charge is -2.14. The molecule has 0 amide bonds. The maximum absolute atomic E-state index is 6.19. The molecule has 0 bridgehead atoms. The highest BCUT2D eigenvalue weighted by Crippen LogP contribution is 2.36. The van der Waals surface area contributed by atoms with E-state index in [0.29, 0.717) is 46.2 Å². The highest BCUT2D eigenvalue weighted by molar-refractivity contribution is 9.10. The number of aromatic nitrogens is 1. The second kappa shape index (κ2) is 17.2. The summed E-state index contributed by atoms with van der Waals surface area (Å²) in [5.74, 6) is 1.69. The third kappa shape index (κ3) is 9.44. The van der Waals surface area contributed by atoms with Gasteiger partial charge in [-0.2, -0.15) is 0 Å². The molecular formula is C38H42BrNO5. The Kier molecular flexibility index (Phi) is 12.5. The van der Waals surface area contributed by atoms with Crippen molar-refractivity contribution in [1.29, 1.82) is 0 Å². The molecule has 4 aromatic carbocycles. The molecule has 0 unspecified atom stereocenters. The molecule has 0 atom stereocenters. The van der Waals surface area contributed by atoms with Gasteiger partial charge < -0.3 is 28.3 Å². The molecule has 5 rings (SSSR count). The van der Waals surface area contributed by atoms with Gasteiger partial charge in [0.2, 0.25) is 0 Å². The Morgan fingerprint density at radius 2 is 1.27 bits per heavy atom. The molecule has 6 nitrogen and oxygen atoms in total. The first-order chi connectivity index (χ1) is 22.1. The molecule has 0 aliphatic carbocycles. The summed E-state index contributed by atoms with van der Waals surface area (Å²) in [5.41, 5.74) is 7.12. The summed E-state index contributed by atoms with van der Waals surface area (Å²) in [5, 5.41) is 1.19. The van der Waals surface area contributed by atoms with Gasteiger partial charge in [0, 0.05) is 28.5 Å². The van der Waals surface area contributed by atoms with E-state index >= 15 is 0 Å². The molecule has 0 spiro atoms. The van der Waals surface area contributed by atoms with Gasteiger partial charge >= 0.3 is 0 Å². The van der Waals surface area contributed by atoms with E-state index in [-0.39, 0.29) is 0 Å². The summed E-state index contributed by atoms with van der Waals surface area (Å²) in [7, 11) is 0. The highest BCUT2D eigenvalue weighted by atomic mass is 79.9. The zero-order valence-electron chi connectivity index (χ0n) is 26.2. The molecule has 0 fully saturated rings. The molecule has 1 heterocycles. The van der Waals surface area contributed by atoms with E-state index in [1.165, 1.54) is 33.3 Å². The average Bonchev–Trinajstić information content (AvgIpc) is 3.34. The quantitative estimate of drug-likeness (QED) is 0.0871. The maximum Gasteiger partial charge on any atom is 0.120 e. The van der Waals surface area contributed by atoms with Crippen LogP contribution in [0, 0.1) is 6.92 Å². The summed E-state index contributed by atoms with van der Waals surface area (Å²) in [6.07, 6.45) is 1.02. The van der Waals surface area contributed by atoms with Crippen LogP contribution in [0.25, 0.3) is 22.2 Å². The van der Waals surface area contributed by atoms with Crippen molar-refractivity contribution in [1.82, 2.24) is 4.57 Å². The number of ether oxygens (including phenoxy) is 5. The number of benzene rings is 4. The van der Waals surface area contributed by atoms with Gasteiger partial charge in [0.15, 0.2) is 0 Å². The fourth-order valence-corrected chi connectivity index (χ4v) is 5.52. The summed E-state index contributed by atoms with van der Waals surface area (Å²) in [4.78, 5) is 0. The Labute approximate surface area is 275 Å². The molecule has 0 aliphatic heterocycles. The number of halogens is 1. The third-order valence-electron chi connectivity index (χ3n) is 7.51. The first-order valence-electron chi connectivity index (χ1n) is 15.6. The van der Waals surface area contributed by atoms with Crippen molar-refractivity contribution in [2.24, 2.45) is 0 Å². The molecule has 0 saturated carbocycles. The summed E-state index contributed by atoms with van der Waals surface area (Å²) in [6.45, 7) is 9.67. The number of aryl methyl sites for hydroxylation is 1. The van der Waals surface area contributed by atoms with Crippen molar-refractivity contribution < 1.29 is 23.7 Å². The number of rotatable bonds is 18. The smallest absolute Gasteiger partial charge is 0.120 e. The second-order valence-electron chi connectivity index (χ2n) is 10.8. The van der Waals surface area contributed by atoms with Crippen LogP contribution in [0.5, 0.6) is 11.5 Å². The Morgan fingerprint density at radius 3 is 1.96 bits per heavy atom. The standard InChI is InChI=1S/C38H42BrNO5/c1-3-19-41-20-21-42-22-23-43-24-25-44-34-15-9-30(10-16-34)27-40-37-18-17-35(45-28-31-7-5-4-6-8-31)26-36(37)29(2)38(40)32-11-13-33(39)14-12-32/h4-18,26H,3,19-25,27-28H2,1-2H3. The highest BCUT2D eigenvalue weighted by Gasteiger charge is 2.17. The van der Waals surface area contributed by atoms with Crippen molar-refractivity contribution in [3.05, 3.63) is 118 Å². The lowest BCUT2D eigenvalue weighted by Crippen LogP contribution is -2.12. The van der Waals surface area contributed by atoms with Gasteiger partial charge in [0.1, 0.15) is 24.7 Å². The Balaban J connectivity index is 1.22. The first kappa shape index (κ1) is 32.8. The largest absolute Gasteiger partial charge is 0.491 e. The number of nitrogens with zero attached hydrogens (tertiary/aromatic N) is 1. The van der Waals surface area contributed by atoms with Crippen LogP contribution in [-0.4, -0.2) is 50.8 Å². The minimum atomic E-state index is 0.489. The van der Waals surface area contributed by atoms with E-state index in [9.17, 15) is 0 Å². The van der Waals surface area contributed by atoms with Gasteiger partial charge in [-0.25, -0.2) is 0 Å². The average molecular weight is 673 g/mol. The van der Waals surface area contributed by atoms with Crippen LogP contribution in [0.3, 0.4) is 0 Å². The van der Waals surface area contributed by atoms with Crippen molar-refractivity contribution >= 4 is 26.8 Å².